The first-order valence-corrected chi connectivity index (χ1v) is 9.93. The molecule has 128 valence electrons. The zero-order chi connectivity index (χ0) is 17.0. The quantitative estimate of drug-likeness (QED) is 0.833. The van der Waals surface area contributed by atoms with E-state index in [1.54, 1.807) is 0 Å². The van der Waals surface area contributed by atoms with Crippen LogP contribution in [0.2, 0.25) is 0 Å². The Labute approximate surface area is 142 Å². The molecule has 1 unspecified atom stereocenters. The molecule has 1 atom stereocenters. The molecule has 2 aromatic rings. The highest BCUT2D eigenvalue weighted by atomic mass is 32.2. The molecule has 0 bridgehead atoms. The Hall–Kier alpha value is -2.15. The summed E-state index contributed by atoms with van der Waals surface area (Å²) >= 11 is 0. The Morgan fingerprint density at radius 2 is 2.00 bits per heavy atom. The lowest BCUT2D eigenvalue weighted by atomic mass is 10.1. The van der Waals surface area contributed by atoms with Crippen molar-refractivity contribution in [1.82, 2.24) is 9.97 Å². The molecule has 0 saturated carbocycles. The van der Waals surface area contributed by atoms with E-state index in [0.717, 1.165) is 24.5 Å². The Bertz CT molecular complexity index is 793. The van der Waals surface area contributed by atoms with Crippen molar-refractivity contribution in [3.05, 3.63) is 47.7 Å². The van der Waals surface area contributed by atoms with Crippen molar-refractivity contribution < 1.29 is 8.42 Å². The average molecular weight is 346 g/mol. The van der Waals surface area contributed by atoms with E-state index in [2.05, 4.69) is 32.7 Å². The van der Waals surface area contributed by atoms with Crippen molar-refractivity contribution in [2.24, 2.45) is 0 Å². The van der Waals surface area contributed by atoms with E-state index in [4.69, 9.17) is 0 Å². The van der Waals surface area contributed by atoms with Crippen LogP contribution in [-0.4, -0.2) is 42.5 Å². The third-order valence-corrected chi connectivity index (χ3v) is 5.75. The largest absolute Gasteiger partial charge is 0.370 e. The van der Waals surface area contributed by atoms with Gasteiger partial charge < -0.3 is 10.6 Å². The fourth-order valence-corrected chi connectivity index (χ4v) is 4.47. The van der Waals surface area contributed by atoms with E-state index in [1.807, 2.05) is 31.2 Å². The minimum absolute atomic E-state index is 0.103. The number of benzene rings is 1. The third-order valence-electron chi connectivity index (χ3n) is 3.98. The Morgan fingerprint density at radius 1 is 1.21 bits per heavy atom. The minimum Gasteiger partial charge on any atom is -0.370 e. The van der Waals surface area contributed by atoms with Crippen LogP contribution in [0.5, 0.6) is 0 Å². The van der Waals surface area contributed by atoms with Gasteiger partial charge in [-0.05, 0) is 25.3 Å². The molecule has 0 radical (unpaired) electrons. The highest BCUT2D eigenvalue weighted by Crippen LogP contribution is 2.17. The standard InChI is InChI=1S/C17H22N4O2S/c1-13-11-16(18-9-7-14-5-3-2-4-6-14)21-17(19-13)20-15-8-10-24(22,23)12-15/h2-6,11,15H,7-10,12H2,1H3,(H2,18,19,20,21). The van der Waals surface area contributed by atoms with Gasteiger partial charge in [0.05, 0.1) is 11.5 Å². The van der Waals surface area contributed by atoms with Crippen molar-refractivity contribution in [2.75, 3.05) is 28.7 Å². The Morgan fingerprint density at radius 3 is 2.71 bits per heavy atom. The number of hydrogen-bond donors (Lipinski definition) is 2. The van der Waals surface area contributed by atoms with Gasteiger partial charge in [0.1, 0.15) is 5.82 Å². The zero-order valence-electron chi connectivity index (χ0n) is 13.7. The summed E-state index contributed by atoms with van der Waals surface area (Å²) in [5.41, 5.74) is 2.11. The van der Waals surface area contributed by atoms with Gasteiger partial charge in [-0.2, -0.15) is 4.98 Å². The van der Waals surface area contributed by atoms with Crippen LogP contribution >= 0.6 is 0 Å². The average Bonchev–Trinajstić information content (AvgIpc) is 2.86. The van der Waals surface area contributed by atoms with Gasteiger partial charge in [0, 0.05) is 24.3 Å². The summed E-state index contributed by atoms with van der Waals surface area (Å²) < 4.78 is 23.1. The van der Waals surface area contributed by atoms with Crippen LogP contribution in [0, 0.1) is 6.92 Å². The predicted octanol–water partition coefficient (Wildman–Crippen LogP) is 2.04. The minimum atomic E-state index is -2.91. The number of sulfone groups is 1. The fourth-order valence-electron chi connectivity index (χ4n) is 2.79. The van der Waals surface area contributed by atoms with Crippen LogP contribution in [0.1, 0.15) is 17.7 Å². The van der Waals surface area contributed by atoms with E-state index >= 15 is 0 Å². The summed E-state index contributed by atoms with van der Waals surface area (Å²) in [6, 6.07) is 12.0. The molecule has 3 rings (SSSR count). The first-order chi connectivity index (χ1) is 11.5. The number of rotatable bonds is 6. The van der Waals surface area contributed by atoms with E-state index in [9.17, 15) is 8.42 Å². The van der Waals surface area contributed by atoms with E-state index in [0.29, 0.717) is 12.4 Å². The lowest BCUT2D eigenvalue weighted by Gasteiger charge is -2.13. The maximum absolute atomic E-state index is 11.5. The van der Waals surface area contributed by atoms with E-state index in [-0.39, 0.29) is 17.5 Å². The van der Waals surface area contributed by atoms with Gasteiger partial charge in [0.2, 0.25) is 5.95 Å². The lowest BCUT2D eigenvalue weighted by Crippen LogP contribution is -2.22. The molecule has 0 aliphatic carbocycles. The maximum atomic E-state index is 11.5. The smallest absolute Gasteiger partial charge is 0.225 e. The molecule has 1 aliphatic rings. The first-order valence-electron chi connectivity index (χ1n) is 8.11. The van der Waals surface area contributed by atoms with Crippen molar-refractivity contribution in [2.45, 2.75) is 25.8 Å². The lowest BCUT2D eigenvalue weighted by molar-refractivity contribution is 0.602. The van der Waals surface area contributed by atoms with Gasteiger partial charge >= 0.3 is 0 Å². The second-order valence-corrected chi connectivity index (χ2v) is 8.35. The summed E-state index contributed by atoms with van der Waals surface area (Å²) in [7, 11) is -2.91. The Balaban J connectivity index is 1.59. The molecule has 7 heteroatoms. The number of nitrogens with zero attached hydrogens (tertiary/aromatic N) is 2. The number of aromatic nitrogens is 2. The second-order valence-electron chi connectivity index (χ2n) is 6.12. The van der Waals surface area contributed by atoms with Gasteiger partial charge in [0.25, 0.3) is 0 Å². The molecule has 24 heavy (non-hydrogen) atoms. The van der Waals surface area contributed by atoms with Crippen LogP contribution in [0.3, 0.4) is 0 Å². The van der Waals surface area contributed by atoms with Gasteiger partial charge in [-0.1, -0.05) is 30.3 Å². The fraction of sp³-hybridized carbons (Fsp3) is 0.412. The molecule has 2 heterocycles. The molecule has 6 nitrogen and oxygen atoms in total. The topological polar surface area (TPSA) is 84.0 Å². The predicted molar refractivity (Wildman–Crippen MR) is 96.1 cm³/mol. The van der Waals surface area contributed by atoms with Crippen LogP contribution in [0.15, 0.2) is 36.4 Å². The molecular weight excluding hydrogens is 324 g/mol. The number of anilines is 2. The molecular formula is C17H22N4O2S. The number of hydrogen-bond acceptors (Lipinski definition) is 6. The molecule has 1 aliphatic heterocycles. The normalized spacial score (nSPS) is 19.1. The molecule has 1 fully saturated rings. The summed E-state index contributed by atoms with van der Waals surface area (Å²) in [5, 5.41) is 6.45. The van der Waals surface area contributed by atoms with Gasteiger partial charge in [0.15, 0.2) is 9.84 Å². The van der Waals surface area contributed by atoms with Crippen LogP contribution in [0.25, 0.3) is 0 Å². The SMILES string of the molecule is Cc1cc(NCCc2ccccc2)nc(NC2CCS(=O)(=O)C2)n1. The summed E-state index contributed by atoms with van der Waals surface area (Å²) in [4.78, 5) is 8.80. The van der Waals surface area contributed by atoms with Crippen molar-refractivity contribution >= 4 is 21.6 Å². The first kappa shape index (κ1) is 16.7. The molecule has 0 amide bonds. The monoisotopic (exact) mass is 346 g/mol. The summed E-state index contributed by atoms with van der Waals surface area (Å²) in [6.45, 7) is 2.68. The van der Waals surface area contributed by atoms with Gasteiger partial charge in [-0.25, -0.2) is 13.4 Å². The number of nitrogens with one attached hydrogen (secondary N) is 2. The molecule has 2 N–H and O–H groups in total. The third kappa shape index (κ3) is 4.67. The van der Waals surface area contributed by atoms with Gasteiger partial charge in [-0.15, -0.1) is 0 Å². The second kappa shape index (κ2) is 7.17. The number of aryl methyl sites for hydroxylation is 1. The molecule has 0 spiro atoms. The van der Waals surface area contributed by atoms with Crippen LogP contribution < -0.4 is 10.6 Å². The highest BCUT2D eigenvalue weighted by molar-refractivity contribution is 7.91. The van der Waals surface area contributed by atoms with E-state index in [1.165, 1.54) is 5.56 Å². The zero-order valence-corrected chi connectivity index (χ0v) is 14.5. The maximum Gasteiger partial charge on any atom is 0.225 e. The van der Waals surface area contributed by atoms with Crippen molar-refractivity contribution in [1.29, 1.82) is 0 Å². The van der Waals surface area contributed by atoms with Crippen molar-refractivity contribution in [3.8, 4) is 0 Å². The van der Waals surface area contributed by atoms with Crippen LogP contribution in [0.4, 0.5) is 11.8 Å². The molecule has 1 aromatic carbocycles. The summed E-state index contributed by atoms with van der Waals surface area (Å²) in [5.74, 6) is 1.63. The van der Waals surface area contributed by atoms with E-state index < -0.39 is 9.84 Å². The van der Waals surface area contributed by atoms with Gasteiger partial charge in [-0.3, -0.25) is 0 Å². The Kier molecular flexibility index (Phi) is 4.99. The summed E-state index contributed by atoms with van der Waals surface area (Å²) in [6.07, 6.45) is 1.52. The molecule has 1 aromatic heterocycles. The van der Waals surface area contributed by atoms with Crippen molar-refractivity contribution in [3.63, 3.8) is 0 Å². The van der Waals surface area contributed by atoms with Crippen LogP contribution in [-0.2, 0) is 16.3 Å². The molecule has 1 saturated heterocycles. The highest BCUT2D eigenvalue weighted by Gasteiger charge is 2.28.